The van der Waals surface area contributed by atoms with Crippen LogP contribution in [0.15, 0.2) is 41.7 Å². The number of benzene rings is 1. The number of carbonyl (C=O) groups is 2. The summed E-state index contributed by atoms with van der Waals surface area (Å²) >= 11 is 0. The van der Waals surface area contributed by atoms with Crippen molar-refractivity contribution in [2.75, 3.05) is 13.9 Å². The number of allylic oxidation sites excluding steroid dienone is 3. The van der Waals surface area contributed by atoms with Crippen LogP contribution in [0.2, 0.25) is 0 Å². The molecule has 102 valence electrons. The van der Waals surface area contributed by atoms with Gasteiger partial charge in [0.1, 0.15) is 0 Å². The van der Waals surface area contributed by atoms with Gasteiger partial charge < -0.3 is 14.2 Å². The molecule has 1 aromatic carbocycles. The Hall–Kier alpha value is -2.56. The van der Waals surface area contributed by atoms with Crippen LogP contribution in [0.4, 0.5) is 0 Å². The number of fused-ring (bicyclic) bond motifs is 1. The fraction of sp³-hybridized carbons (Fsp3) is 0.200. The van der Waals surface area contributed by atoms with E-state index in [4.69, 9.17) is 14.2 Å². The lowest BCUT2D eigenvalue weighted by Gasteiger charge is -2.11. The number of hydrogen-bond acceptors (Lipinski definition) is 5. The minimum absolute atomic E-state index is 0.0736. The molecule has 0 N–H and O–H groups in total. The zero-order valence-corrected chi connectivity index (χ0v) is 10.8. The molecule has 2 aliphatic rings. The highest BCUT2D eigenvalue weighted by Gasteiger charge is 2.21. The molecule has 0 aromatic heterocycles. The van der Waals surface area contributed by atoms with Gasteiger partial charge in [-0.25, -0.2) is 0 Å². The molecule has 1 heterocycles. The number of hydrogen-bond donors (Lipinski definition) is 0. The van der Waals surface area contributed by atoms with Gasteiger partial charge in [-0.3, -0.25) is 9.59 Å². The van der Waals surface area contributed by atoms with Crippen molar-refractivity contribution in [3.63, 3.8) is 0 Å². The molecule has 5 nitrogen and oxygen atoms in total. The van der Waals surface area contributed by atoms with Gasteiger partial charge in [0.05, 0.1) is 7.11 Å². The van der Waals surface area contributed by atoms with E-state index in [-0.39, 0.29) is 24.1 Å². The molecule has 0 amide bonds. The van der Waals surface area contributed by atoms with Crippen LogP contribution >= 0.6 is 0 Å². The molecule has 5 heteroatoms. The quantitative estimate of drug-likeness (QED) is 0.781. The van der Waals surface area contributed by atoms with E-state index in [2.05, 4.69) is 0 Å². The summed E-state index contributed by atoms with van der Waals surface area (Å²) < 4.78 is 15.4. The molecular formula is C15H12O5. The van der Waals surface area contributed by atoms with Crippen LogP contribution in [0.5, 0.6) is 11.5 Å². The van der Waals surface area contributed by atoms with Crippen LogP contribution in [-0.2, 0) is 20.7 Å². The third-order valence-electron chi connectivity index (χ3n) is 3.18. The summed E-state index contributed by atoms with van der Waals surface area (Å²) in [7, 11) is 1.37. The Morgan fingerprint density at radius 3 is 2.70 bits per heavy atom. The molecule has 0 radical (unpaired) electrons. The van der Waals surface area contributed by atoms with E-state index in [0.29, 0.717) is 23.5 Å². The molecular weight excluding hydrogens is 260 g/mol. The molecule has 3 rings (SSSR count). The largest absolute Gasteiger partial charge is 0.493 e. The zero-order valence-electron chi connectivity index (χ0n) is 10.8. The maximum atomic E-state index is 11.9. The van der Waals surface area contributed by atoms with Crippen molar-refractivity contribution in [1.29, 1.82) is 0 Å². The number of ketones is 2. The Balaban J connectivity index is 1.82. The van der Waals surface area contributed by atoms with Gasteiger partial charge in [-0.05, 0) is 23.8 Å². The van der Waals surface area contributed by atoms with E-state index in [1.807, 2.05) is 12.1 Å². The Kier molecular flexibility index (Phi) is 3.02. The first-order valence-corrected chi connectivity index (χ1v) is 6.11. The summed E-state index contributed by atoms with van der Waals surface area (Å²) in [6, 6.07) is 5.46. The van der Waals surface area contributed by atoms with Gasteiger partial charge >= 0.3 is 0 Å². The van der Waals surface area contributed by atoms with Crippen molar-refractivity contribution in [2.24, 2.45) is 0 Å². The van der Waals surface area contributed by atoms with Gasteiger partial charge in [0.25, 0.3) is 0 Å². The van der Waals surface area contributed by atoms with Crippen LogP contribution in [0.25, 0.3) is 0 Å². The average molecular weight is 272 g/mol. The van der Waals surface area contributed by atoms with Crippen molar-refractivity contribution in [3.8, 4) is 11.5 Å². The van der Waals surface area contributed by atoms with Gasteiger partial charge in [-0.15, -0.1) is 0 Å². The molecule has 0 fully saturated rings. The maximum absolute atomic E-state index is 11.9. The standard InChI is InChI=1S/C15H12O5/c1-18-14-7-11(16)10(6-12(14)17)4-9-2-3-13-15(5-9)20-8-19-13/h2-3,5-7H,4,8H2,1H3. The lowest BCUT2D eigenvalue weighted by Crippen LogP contribution is -2.15. The lowest BCUT2D eigenvalue weighted by atomic mass is 9.95. The van der Waals surface area contributed by atoms with E-state index in [1.165, 1.54) is 19.3 Å². The topological polar surface area (TPSA) is 61.8 Å². The first kappa shape index (κ1) is 12.5. The van der Waals surface area contributed by atoms with Gasteiger partial charge in [-0.2, -0.15) is 0 Å². The first-order valence-electron chi connectivity index (χ1n) is 6.11. The summed E-state index contributed by atoms with van der Waals surface area (Å²) in [5.41, 5.74) is 1.32. The molecule has 20 heavy (non-hydrogen) atoms. The Morgan fingerprint density at radius 2 is 1.90 bits per heavy atom. The van der Waals surface area contributed by atoms with Gasteiger partial charge in [0.15, 0.2) is 23.0 Å². The summed E-state index contributed by atoms with van der Waals surface area (Å²) in [6.45, 7) is 0.207. The molecule has 1 aliphatic heterocycles. The molecule has 0 saturated heterocycles. The molecule has 1 aromatic rings. The minimum Gasteiger partial charge on any atom is -0.493 e. The lowest BCUT2D eigenvalue weighted by molar-refractivity contribution is -0.117. The predicted octanol–water partition coefficient (Wildman–Crippen LogP) is 1.57. The van der Waals surface area contributed by atoms with Crippen molar-refractivity contribution in [2.45, 2.75) is 6.42 Å². The van der Waals surface area contributed by atoms with E-state index in [0.717, 1.165) is 5.56 Å². The van der Waals surface area contributed by atoms with Crippen molar-refractivity contribution < 1.29 is 23.8 Å². The van der Waals surface area contributed by atoms with Crippen molar-refractivity contribution in [1.82, 2.24) is 0 Å². The van der Waals surface area contributed by atoms with Crippen LogP contribution in [0.1, 0.15) is 5.56 Å². The van der Waals surface area contributed by atoms with Crippen LogP contribution < -0.4 is 9.47 Å². The van der Waals surface area contributed by atoms with Crippen molar-refractivity contribution in [3.05, 3.63) is 47.2 Å². The molecule has 0 spiro atoms. The number of ether oxygens (including phenoxy) is 3. The second-order valence-electron chi connectivity index (χ2n) is 4.48. The monoisotopic (exact) mass is 272 g/mol. The van der Waals surface area contributed by atoms with E-state index < -0.39 is 0 Å². The fourth-order valence-electron chi connectivity index (χ4n) is 2.15. The maximum Gasteiger partial charge on any atom is 0.231 e. The Bertz CT molecular complexity index is 654. The number of rotatable bonds is 3. The first-order chi connectivity index (χ1) is 9.67. The third kappa shape index (κ3) is 2.18. The molecule has 0 atom stereocenters. The number of methoxy groups -OCH3 is 1. The van der Waals surface area contributed by atoms with Crippen molar-refractivity contribution >= 4 is 11.6 Å². The third-order valence-corrected chi connectivity index (χ3v) is 3.18. The van der Waals surface area contributed by atoms with E-state index >= 15 is 0 Å². The Morgan fingerprint density at radius 1 is 1.10 bits per heavy atom. The van der Waals surface area contributed by atoms with E-state index in [1.54, 1.807) is 6.07 Å². The highest BCUT2D eigenvalue weighted by Crippen LogP contribution is 2.33. The smallest absolute Gasteiger partial charge is 0.231 e. The highest BCUT2D eigenvalue weighted by atomic mass is 16.7. The fourth-order valence-corrected chi connectivity index (χ4v) is 2.15. The van der Waals surface area contributed by atoms with Crippen LogP contribution in [-0.4, -0.2) is 25.5 Å². The average Bonchev–Trinajstić information content (AvgIpc) is 2.90. The predicted molar refractivity (Wildman–Crippen MR) is 69.5 cm³/mol. The summed E-state index contributed by atoms with van der Waals surface area (Å²) in [5.74, 6) is 0.924. The highest BCUT2D eigenvalue weighted by molar-refractivity contribution is 6.19. The molecule has 0 saturated carbocycles. The van der Waals surface area contributed by atoms with Crippen LogP contribution in [0, 0.1) is 0 Å². The second kappa shape index (κ2) is 4.85. The van der Waals surface area contributed by atoms with Crippen LogP contribution in [0.3, 0.4) is 0 Å². The van der Waals surface area contributed by atoms with Gasteiger partial charge in [-0.1, -0.05) is 6.07 Å². The second-order valence-corrected chi connectivity index (χ2v) is 4.48. The molecule has 0 unspecified atom stereocenters. The summed E-state index contributed by atoms with van der Waals surface area (Å²) in [5, 5.41) is 0. The van der Waals surface area contributed by atoms with E-state index in [9.17, 15) is 9.59 Å². The van der Waals surface area contributed by atoms with Gasteiger partial charge in [0, 0.05) is 18.1 Å². The summed E-state index contributed by atoms with van der Waals surface area (Å²) in [4.78, 5) is 23.6. The SMILES string of the molecule is COC1=CC(=O)C(Cc2ccc3c(c2)OCO3)=CC1=O. The Labute approximate surface area is 115 Å². The minimum atomic E-state index is -0.289. The zero-order chi connectivity index (χ0) is 14.1. The normalized spacial score (nSPS) is 16.9. The molecule has 0 bridgehead atoms. The summed E-state index contributed by atoms with van der Waals surface area (Å²) in [6.07, 6.45) is 2.92. The number of carbonyl (C=O) groups excluding carboxylic acids is 2. The van der Waals surface area contributed by atoms with Gasteiger partial charge in [0.2, 0.25) is 12.6 Å². The molecule has 1 aliphatic carbocycles.